The third-order valence-electron chi connectivity index (χ3n) is 6.49. The van der Waals surface area contributed by atoms with Gasteiger partial charge in [-0.3, -0.25) is 24.4 Å². The molecule has 7 nitrogen and oxygen atoms in total. The first-order valence-corrected chi connectivity index (χ1v) is 12.5. The van der Waals surface area contributed by atoms with Crippen LogP contribution in [0.4, 0.5) is 0 Å². The Labute approximate surface area is 218 Å². The maximum absolute atomic E-state index is 13.6. The lowest BCUT2D eigenvalue weighted by molar-refractivity contribution is -0.128. The summed E-state index contributed by atoms with van der Waals surface area (Å²) in [4.78, 5) is 48.8. The number of halogens is 2. The minimum atomic E-state index is -0.387. The monoisotopic (exact) mass is 522 g/mol. The van der Waals surface area contributed by atoms with Gasteiger partial charge in [0.25, 0.3) is 5.91 Å². The summed E-state index contributed by atoms with van der Waals surface area (Å²) in [6.07, 6.45) is 7.00. The zero-order chi connectivity index (χ0) is 26.6. The molecule has 1 fully saturated rings. The van der Waals surface area contributed by atoms with E-state index >= 15 is 0 Å². The van der Waals surface area contributed by atoms with Crippen molar-refractivity contribution in [2.45, 2.75) is 73.3 Å². The standard InChI is InChI=1S/C26H36Cl2N4O3/c1-16(31-18-7-9-26(6,10-8-18)17(2)33)19(11-29)24(35)32(15-25(3,4)5)14-22(34)23-20(27)12-30-13-21(23)28/h11-13,18H,7-10,14-15,29H2,1-6H3. The number of aliphatic imine (C=N–C) groups is 1. The van der Waals surface area contributed by atoms with Gasteiger partial charge in [0, 0.05) is 36.3 Å². The fourth-order valence-corrected chi connectivity index (χ4v) is 4.86. The summed E-state index contributed by atoms with van der Waals surface area (Å²) in [6.45, 7) is 11.4. The van der Waals surface area contributed by atoms with Crippen LogP contribution >= 0.6 is 23.2 Å². The summed E-state index contributed by atoms with van der Waals surface area (Å²) in [6, 6.07) is 0.0114. The van der Waals surface area contributed by atoms with Gasteiger partial charge in [-0.15, -0.1) is 0 Å². The lowest BCUT2D eigenvalue weighted by Gasteiger charge is -2.34. The molecule has 1 amide bonds. The van der Waals surface area contributed by atoms with E-state index in [4.69, 9.17) is 33.9 Å². The largest absolute Gasteiger partial charge is 0.404 e. The zero-order valence-electron chi connectivity index (χ0n) is 21.5. The molecule has 0 aliphatic heterocycles. The summed E-state index contributed by atoms with van der Waals surface area (Å²) in [5, 5.41) is 0.265. The van der Waals surface area contributed by atoms with E-state index in [0.717, 1.165) is 25.7 Å². The average Bonchev–Trinajstić information content (AvgIpc) is 2.74. The number of nitrogens with two attached hydrogens (primary N) is 1. The molecule has 1 heterocycles. The van der Waals surface area contributed by atoms with Gasteiger partial charge in [-0.1, -0.05) is 50.9 Å². The molecular formula is C26H36Cl2N4O3. The van der Waals surface area contributed by atoms with Crippen LogP contribution in [0.15, 0.2) is 29.2 Å². The second-order valence-electron chi connectivity index (χ2n) is 10.8. The number of carbonyl (C=O) groups is 3. The van der Waals surface area contributed by atoms with Crippen molar-refractivity contribution in [1.29, 1.82) is 0 Å². The Kier molecular flexibility index (Phi) is 9.65. The van der Waals surface area contributed by atoms with Crippen molar-refractivity contribution in [3.8, 4) is 0 Å². The Morgan fingerprint density at radius 3 is 2.17 bits per heavy atom. The third-order valence-corrected chi connectivity index (χ3v) is 7.06. The number of Topliss-reactive ketones (excluding diaryl/α,β-unsaturated/α-hetero) is 2. The van der Waals surface area contributed by atoms with Crippen LogP contribution in [-0.4, -0.2) is 52.2 Å². The molecule has 1 aromatic rings. The molecule has 1 saturated carbocycles. The highest BCUT2D eigenvalue weighted by Crippen LogP contribution is 2.38. The van der Waals surface area contributed by atoms with Crippen molar-refractivity contribution in [2.75, 3.05) is 13.1 Å². The van der Waals surface area contributed by atoms with Gasteiger partial charge in [-0.25, -0.2) is 0 Å². The van der Waals surface area contributed by atoms with Crippen LogP contribution in [0.2, 0.25) is 10.0 Å². The Bertz CT molecular complexity index is 1020. The van der Waals surface area contributed by atoms with Gasteiger partial charge >= 0.3 is 0 Å². The maximum Gasteiger partial charge on any atom is 0.257 e. The van der Waals surface area contributed by atoms with E-state index in [1.165, 1.54) is 23.5 Å². The number of ketones is 2. The average molecular weight is 524 g/mol. The second-order valence-corrected chi connectivity index (χ2v) is 11.6. The fourth-order valence-electron chi connectivity index (χ4n) is 4.28. The number of carbonyl (C=O) groups excluding carboxylic acids is 3. The van der Waals surface area contributed by atoms with Crippen LogP contribution < -0.4 is 5.73 Å². The highest BCUT2D eigenvalue weighted by Gasteiger charge is 2.35. The van der Waals surface area contributed by atoms with E-state index in [9.17, 15) is 14.4 Å². The summed E-state index contributed by atoms with van der Waals surface area (Å²) in [7, 11) is 0. The van der Waals surface area contributed by atoms with E-state index < -0.39 is 0 Å². The minimum Gasteiger partial charge on any atom is -0.404 e. The highest BCUT2D eigenvalue weighted by atomic mass is 35.5. The normalized spacial score (nSPS) is 21.5. The molecule has 0 radical (unpaired) electrons. The molecule has 0 unspecified atom stereocenters. The first-order chi connectivity index (χ1) is 16.2. The van der Waals surface area contributed by atoms with E-state index in [0.29, 0.717) is 12.3 Å². The smallest absolute Gasteiger partial charge is 0.257 e. The van der Waals surface area contributed by atoms with Gasteiger partial charge in [0.1, 0.15) is 5.78 Å². The van der Waals surface area contributed by atoms with Crippen LogP contribution in [0.5, 0.6) is 0 Å². The first kappa shape index (κ1) is 29.0. The van der Waals surface area contributed by atoms with Crippen LogP contribution in [0.3, 0.4) is 0 Å². The van der Waals surface area contributed by atoms with Crippen molar-refractivity contribution in [3.05, 3.63) is 39.8 Å². The van der Waals surface area contributed by atoms with E-state index in [2.05, 4.69) is 4.98 Å². The van der Waals surface area contributed by atoms with Crippen molar-refractivity contribution in [3.63, 3.8) is 0 Å². The van der Waals surface area contributed by atoms with Crippen molar-refractivity contribution in [1.82, 2.24) is 9.88 Å². The van der Waals surface area contributed by atoms with Crippen LogP contribution in [-0.2, 0) is 9.59 Å². The molecule has 2 N–H and O–H groups in total. The summed E-state index contributed by atoms with van der Waals surface area (Å²) in [5.74, 6) is -0.573. The summed E-state index contributed by atoms with van der Waals surface area (Å²) >= 11 is 12.3. The molecule has 0 aromatic carbocycles. The van der Waals surface area contributed by atoms with E-state index in [-0.39, 0.29) is 62.1 Å². The molecule has 0 saturated heterocycles. The highest BCUT2D eigenvalue weighted by molar-refractivity contribution is 6.39. The molecule has 1 aromatic heterocycles. The molecule has 1 aliphatic carbocycles. The maximum atomic E-state index is 13.6. The number of amides is 1. The van der Waals surface area contributed by atoms with Gasteiger partial charge in [0.05, 0.1) is 33.8 Å². The molecule has 9 heteroatoms. The molecule has 0 bridgehead atoms. The SMILES string of the molecule is CC(=O)C1(C)CCC(N=C(C)C(=CN)C(=O)N(CC(=O)c2c(Cl)cncc2Cl)CC(C)(C)C)CC1. The van der Waals surface area contributed by atoms with Gasteiger partial charge in [0.15, 0.2) is 5.78 Å². The van der Waals surface area contributed by atoms with Gasteiger partial charge in [0.2, 0.25) is 0 Å². The van der Waals surface area contributed by atoms with Gasteiger partial charge < -0.3 is 10.6 Å². The molecule has 0 atom stereocenters. The lowest BCUT2D eigenvalue weighted by atomic mass is 9.72. The molecular weight excluding hydrogens is 487 g/mol. The number of pyridine rings is 1. The Balaban J connectivity index is 2.26. The van der Waals surface area contributed by atoms with E-state index in [1.807, 2.05) is 27.7 Å². The van der Waals surface area contributed by atoms with Crippen LogP contribution in [0.25, 0.3) is 0 Å². The lowest BCUT2D eigenvalue weighted by Crippen LogP contribution is -2.43. The van der Waals surface area contributed by atoms with Gasteiger partial charge in [-0.2, -0.15) is 0 Å². The minimum absolute atomic E-state index is 0.0114. The fraction of sp³-hybridized carbons (Fsp3) is 0.577. The molecule has 0 spiro atoms. The van der Waals surface area contributed by atoms with Crippen molar-refractivity contribution >= 4 is 46.4 Å². The van der Waals surface area contributed by atoms with Crippen molar-refractivity contribution in [2.24, 2.45) is 21.6 Å². The van der Waals surface area contributed by atoms with Crippen LogP contribution in [0, 0.1) is 10.8 Å². The predicted octanol–water partition coefficient (Wildman–Crippen LogP) is 5.29. The van der Waals surface area contributed by atoms with E-state index in [1.54, 1.807) is 13.8 Å². The number of hydrogen-bond acceptors (Lipinski definition) is 6. The molecule has 2 rings (SSSR count). The zero-order valence-corrected chi connectivity index (χ0v) is 23.0. The molecule has 192 valence electrons. The number of aromatic nitrogens is 1. The third kappa shape index (κ3) is 7.61. The quantitative estimate of drug-likeness (QED) is 0.283. The summed E-state index contributed by atoms with van der Waals surface area (Å²) < 4.78 is 0. The van der Waals surface area contributed by atoms with Gasteiger partial charge in [-0.05, 0) is 44.9 Å². The predicted molar refractivity (Wildman–Crippen MR) is 141 cm³/mol. The first-order valence-electron chi connectivity index (χ1n) is 11.8. The summed E-state index contributed by atoms with van der Waals surface area (Å²) in [5.41, 5.74) is 6.19. The number of nitrogens with zero attached hydrogens (tertiary/aromatic N) is 3. The Hall–Kier alpha value is -2.25. The second kappa shape index (κ2) is 11.7. The number of hydrogen-bond donors (Lipinski definition) is 1. The number of rotatable bonds is 8. The van der Waals surface area contributed by atoms with Crippen molar-refractivity contribution < 1.29 is 14.4 Å². The topological polar surface area (TPSA) is 106 Å². The molecule has 1 aliphatic rings. The Morgan fingerprint density at radius 1 is 1.17 bits per heavy atom. The Morgan fingerprint density at radius 2 is 1.71 bits per heavy atom. The molecule has 35 heavy (non-hydrogen) atoms. The van der Waals surface area contributed by atoms with Crippen LogP contribution in [0.1, 0.15) is 77.6 Å².